The Labute approximate surface area is 156 Å². The first-order valence-electron chi connectivity index (χ1n) is 8.03. The van der Waals surface area contributed by atoms with Crippen molar-refractivity contribution in [3.63, 3.8) is 0 Å². The topological polar surface area (TPSA) is 103 Å². The Morgan fingerprint density at radius 1 is 0.926 bits per heavy atom. The fraction of sp³-hybridized carbons (Fsp3) is 0.211. The number of ether oxygens (including phenoxy) is 3. The van der Waals surface area contributed by atoms with E-state index in [0.717, 1.165) is 0 Å². The minimum atomic E-state index is -0.726. The Bertz CT molecular complexity index is 804. The van der Waals surface area contributed by atoms with E-state index < -0.39 is 24.4 Å². The second-order valence-electron chi connectivity index (χ2n) is 5.35. The Morgan fingerprint density at radius 3 is 2.30 bits per heavy atom. The first kappa shape index (κ1) is 19.8. The van der Waals surface area contributed by atoms with Gasteiger partial charge in [-0.3, -0.25) is 14.4 Å². The summed E-state index contributed by atoms with van der Waals surface area (Å²) >= 11 is 0. The van der Waals surface area contributed by atoms with Crippen LogP contribution in [-0.2, 0) is 14.3 Å². The van der Waals surface area contributed by atoms with Crippen molar-refractivity contribution in [2.75, 3.05) is 32.7 Å². The smallest absolute Gasteiger partial charge is 0.325 e. The van der Waals surface area contributed by atoms with Gasteiger partial charge in [-0.2, -0.15) is 0 Å². The number of benzene rings is 2. The highest BCUT2D eigenvalue weighted by Gasteiger charge is 2.11. The first-order valence-corrected chi connectivity index (χ1v) is 8.03. The van der Waals surface area contributed by atoms with E-state index >= 15 is 0 Å². The highest BCUT2D eigenvalue weighted by Crippen LogP contribution is 2.15. The summed E-state index contributed by atoms with van der Waals surface area (Å²) in [6.07, 6.45) is 0. The third-order valence-electron chi connectivity index (χ3n) is 3.46. The highest BCUT2D eigenvalue weighted by atomic mass is 16.5. The average molecular weight is 372 g/mol. The zero-order valence-corrected chi connectivity index (χ0v) is 15.0. The minimum Gasteiger partial charge on any atom is -0.497 e. The molecule has 8 heteroatoms. The third kappa shape index (κ3) is 6.35. The van der Waals surface area contributed by atoms with Gasteiger partial charge in [-0.1, -0.05) is 6.07 Å². The standard InChI is InChI=1S/C19H20N2O6/c1-25-15-8-6-14(7-9-15)21-17(22)12-27-18(23)11-20-19(24)13-4-3-5-16(10-13)26-2/h3-10H,11-12H2,1-2H3,(H,20,24)(H,21,22). The van der Waals surface area contributed by atoms with Gasteiger partial charge in [0.15, 0.2) is 6.61 Å². The molecule has 0 unspecified atom stereocenters. The normalized spacial score (nSPS) is 9.85. The number of carbonyl (C=O) groups is 3. The summed E-state index contributed by atoms with van der Waals surface area (Å²) < 4.78 is 14.9. The van der Waals surface area contributed by atoms with E-state index in [2.05, 4.69) is 10.6 Å². The molecule has 2 N–H and O–H groups in total. The van der Waals surface area contributed by atoms with Crippen LogP contribution in [0.15, 0.2) is 48.5 Å². The second-order valence-corrected chi connectivity index (χ2v) is 5.35. The molecule has 0 spiro atoms. The summed E-state index contributed by atoms with van der Waals surface area (Å²) in [4.78, 5) is 35.4. The van der Waals surface area contributed by atoms with Crippen LogP contribution in [-0.4, -0.2) is 45.2 Å². The fourth-order valence-corrected chi connectivity index (χ4v) is 2.09. The number of methoxy groups -OCH3 is 2. The monoisotopic (exact) mass is 372 g/mol. The highest BCUT2D eigenvalue weighted by molar-refractivity contribution is 5.97. The number of rotatable bonds is 8. The maximum Gasteiger partial charge on any atom is 0.325 e. The second kappa shape index (κ2) is 9.81. The zero-order chi connectivity index (χ0) is 19.6. The van der Waals surface area contributed by atoms with Gasteiger partial charge < -0.3 is 24.8 Å². The van der Waals surface area contributed by atoms with Gasteiger partial charge in [-0.05, 0) is 42.5 Å². The lowest BCUT2D eigenvalue weighted by Gasteiger charge is -2.08. The molecule has 2 rings (SSSR count). The van der Waals surface area contributed by atoms with E-state index in [-0.39, 0.29) is 6.54 Å². The summed E-state index contributed by atoms with van der Waals surface area (Å²) in [6, 6.07) is 13.2. The lowest BCUT2D eigenvalue weighted by atomic mass is 10.2. The maximum absolute atomic E-state index is 12.0. The van der Waals surface area contributed by atoms with Gasteiger partial charge in [0.05, 0.1) is 14.2 Å². The summed E-state index contributed by atoms with van der Waals surface area (Å²) in [5.41, 5.74) is 0.891. The molecule has 27 heavy (non-hydrogen) atoms. The van der Waals surface area contributed by atoms with Gasteiger partial charge in [0.1, 0.15) is 18.0 Å². The van der Waals surface area contributed by atoms with Crippen molar-refractivity contribution in [1.82, 2.24) is 5.32 Å². The number of hydrogen-bond acceptors (Lipinski definition) is 6. The molecule has 0 atom stereocenters. The van der Waals surface area contributed by atoms with E-state index in [9.17, 15) is 14.4 Å². The summed E-state index contributed by atoms with van der Waals surface area (Å²) in [7, 11) is 3.03. The van der Waals surface area contributed by atoms with Gasteiger partial charge in [0.25, 0.3) is 11.8 Å². The van der Waals surface area contributed by atoms with Gasteiger partial charge >= 0.3 is 5.97 Å². The fourth-order valence-electron chi connectivity index (χ4n) is 2.09. The summed E-state index contributed by atoms with van der Waals surface area (Å²) in [6.45, 7) is -0.814. The molecule has 0 aliphatic rings. The molecule has 0 aromatic heterocycles. The molecule has 0 aliphatic carbocycles. The Hall–Kier alpha value is -3.55. The quantitative estimate of drug-likeness (QED) is 0.683. The molecule has 0 saturated heterocycles. The lowest BCUT2D eigenvalue weighted by Crippen LogP contribution is -2.32. The molecule has 2 amide bonds. The van der Waals surface area contributed by atoms with Gasteiger partial charge in [0, 0.05) is 11.3 Å². The number of anilines is 1. The molecule has 0 aliphatic heterocycles. The van der Waals surface area contributed by atoms with E-state index in [1.807, 2.05) is 0 Å². The minimum absolute atomic E-state index is 0.347. The molecular formula is C19H20N2O6. The first-order chi connectivity index (χ1) is 13.0. The molecular weight excluding hydrogens is 352 g/mol. The largest absolute Gasteiger partial charge is 0.497 e. The van der Waals surface area contributed by atoms with Gasteiger partial charge in [-0.25, -0.2) is 0 Å². The molecule has 8 nitrogen and oxygen atoms in total. The SMILES string of the molecule is COc1ccc(NC(=O)COC(=O)CNC(=O)c2cccc(OC)c2)cc1. The van der Waals surface area contributed by atoms with Crippen LogP contribution < -0.4 is 20.1 Å². The van der Waals surface area contributed by atoms with Gasteiger partial charge in [-0.15, -0.1) is 0 Å². The molecule has 142 valence electrons. The Balaban J connectivity index is 1.73. The molecule has 0 heterocycles. The van der Waals surface area contributed by atoms with Crippen LogP contribution in [0.25, 0.3) is 0 Å². The zero-order valence-electron chi connectivity index (χ0n) is 15.0. The van der Waals surface area contributed by atoms with E-state index in [1.54, 1.807) is 55.6 Å². The van der Waals surface area contributed by atoms with Crippen molar-refractivity contribution in [1.29, 1.82) is 0 Å². The molecule has 0 radical (unpaired) electrons. The lowest BCUT2D eigenvalue weighted by molar-refractivity contribution is -0.146. The van der Waals surface area contributed by atoms with E-state index in [1.165, 1.54) is 7.11 Å². The Morgan fingerprint density at radius 2 is 1.63 bits per heavy atom. The number of nitrogens with one attached hydrogen (secondary N) is 2. The van der Waals surface area contributed by atoms with Crippen LogP contribution in [0.2, 0.25) is 0 Å². The van der Waals surface area contributed by atoms with E-state index in [4.69, 9.17) is 14.2 Å². The van der Waals surface area contributed by atoms with Crippen molar-refractivity contribution in [3.05, 3.63) is 54.1 Å². The van der Waals surface area contributed by atoms with E-state index in [0.29, 0.717) is 22.7 Å². The van der Waals surface area contributed by atoms with Gasteiger partial charge in [0.2, 0.25) is 0 Å². The number of hydrogen-bond donors (Lipinski definition) is 2. The maximum atomic E-state index is 12.0. The molecule has 2 aromatic carbocycles. The van der Waals surface area contributed by atoms with Crippen molar-refractivity contribution in [2.45, 2.75) is 0 Å². The van der Waals surface area contributed by atoms with Crippen molar-refractivity contribution in [3.8, 4) is 11.5 Å². The van der Waals surface area contributed by atoms with Crippen LogP contribution in [0.4, 0.5) is 5.69 Å². The predicted molar refractivity (Wildman–Crippen MR) is 97.9 cm³/mol. The average Bonchev–Trinajstić information content (AvgIpc) is 2.71. The van der Waals surface area contributed by atoms with Crippen LogP contribution in [0.5, 0.6) is 11.5 Å². The predicted octanol–water partition coefficient (Wildman–Crippen LogP) is 1.62. The molecule has 0 saturated carbocycles. The van der Waals surface area contributed by atoms with Crippen LogP contribution in [0.3, 0.4) is 0 Å². The number of esters is 1. The summed E-state index contributed by atoms with van der Waals surface area (Å²) in [5, 5.41) is 5.00. The van der Waals surface area contributed by atoms with Crippen molar-refractivity contribution in [2.24, 2.45) is 0 Å². The van der Waals surface area contributed by atoms with Crippen molar-refractivity contribution < 1.29 is 28.6 Å². The van der Waals surface area contributed by atoms with Crippen LogP contribution >= 0.6 is 0 Å². The molecule has 2 aromatic rings. The van der Waals surface area contributed by atoms with Crippen LogP contribution in [0.1, 0.15) is 10.4 Å². The Kier molecular flexibility index (Phi) is 7.18. The summed E-state index contributed by atoms with van der Waals surface area (Å²) in [5.74, 6) is -0.482. The molecule has 0 fully saturated rings. The number of carbonyl (C=O) groups excluding carboxylic acids is 3. The van der Waals surface area contributed by atoms with Crippen LogP contribution in [0, 0.1) is 0 Å². The number of amides is 2. The molecule has 0 bridgehead atoms. The van der Waals surface area contributed by atoms with Crippen molar-refractivity contribution >= 4 is 23.5 Å². The third-order valence-corrected chi connectivity index (χ3v) is 3.46.